The molecule has 0 unspecified atom stereocenters. The Morgan fingerprint density at radius 1 is 1.29 bits per heavy atom. The highest BCUT2D eigenvalue weighted by Crippen LogP contribution is 2.23. The van der Waals surface area contributed by atoms with Gasteiger partial charge in [-0.15, -0.1) is 0 Å². The van der Waals surface area contributed by atoms with Gasteiger partial charge in [-0.2, -0.15) is 0 Å². The minimum absolute atomic E-state index is 0.0495. The number of benzene rings is 1. The smallest absolute Gasteiger partial charge is 0.269 e. The van der Waals surface area contributed by atoms with Crippen molar-refractivity contribution in [1.82, 2.24) is 9.97 Å². The summed E-state index contributed by atoms with van der Waals surface area (Å²) in [6.07, 6.45) is 1.62. The number of nitro groups is 1. The van der Waals surface area contributed by atoms with E-state index in [2.05, 4.69) is 9.97 Å². The molecule has 0 atom stereocenters. The second kappa shape index (κ2) is 4.17. The van der Waals surface area contributed by atoms with Crippen LogP contribution in [0.3, 0.4) is 0 Å². The maximum absolute atomic E-state index is 10.5. The van der Waals surface area contributed by atoms with Crippen LogP contribution in [-0.2, 0) is 0 Å². The Balaban J connectivity index is 2.46. The minimum Gasteiger partial charge on any atom is -0.368 e. The molecule has 1 aromatic carbocycles. The van der Waals surface area contributed by atoms with Crippen molar-refractivity contribution in [3.8, 4) is 11.3 Å². The lowest BCUT2D eigenvalue weighted by Gasteiger charge is -2.04. The molecule has 17 heavy (non-hydrogen) atoms. The summed E-state index contributed by atoms with van der Waals surface area (Å²) in [7, 11) is 0. The minimum atomic E-state index is -0.440. The summed E-state index contributed by atoms with van der Waals surface area (Å²) >= 11 is 0. The molecule has 0 radical (unpaired) electrons. The number of nitro benzene ring substituents is 1. The lowest BCUT2D eigenvalue weighted by Crippen LogP contribution is -1.98. The van der Waals surface area contributed by atoms with Gasteiger partial charge in [-0.05, 0) is 24.6 Å². The zero-order valence-corrected chi connectivity index (χ0v) is 9.12. The molecule has 1 aromatic heterocycles. The van der Waals surface area contributed by atoms with Crippen LogP contribution in [0.2, 0.25) is 0 Å². The Morgan fingerprint density at radius 2 is 1.94 bits per heavy atom. The predicted molar refractivity (Wildman–Crippen MR) is 63.3 cm³/mol. The van der Waals surface area contributed by atoms with E-state index in [0.717, 1.165) is 11.1 Å². The summed E-state index contributed by atoms with van der Waals surface area (Å²) in [5.74, 6) is 0.184. The van der Waals surface area contributed by atoms with Crippen LogP contribution in [0.15, 0.2) is 30.5 Å². The van der Waals surface area contributed by atoms with Crippen molar-refractivity contribution in [2.75, 3.05) is 5.73 Å². The van der Waals surface area contributed by atoms with E-state index in [0.29, 0.717) is 5.69 Å². The fourth-order valence-electron chi connectivity index (χ4n) is 1.49. The van der Waals surface area contributed by atoms with Gasteiger partial charge in [0.05, 0.1) is 10.6 Å². The Labute approximate surface area is 97.3 Å². The lowest BCUT2D eigenvalue weighted by atomic mass is 10.1. The van der Waals surface area contributed by atoms with Crippen LogP contribution >= 0.6 is 0 Å². The first-order chi connectivity index (χ1) is 8.08. The average Bonchev–Trinajstić information content (AvgIpc) is 2.32. The van der Waals surface area contributed by atoms with Crippen molar-refractivity contribution in [1.29, 1.82) is 0 Å². The number of non-ortho nitro benzene ring substituents is 1. The standard InChI is InChI=1S/C11H10N4O2/c1-7-6-13-11(12)14-10(7)8-2-4-9(5-3-8)15(16)17/h2-6H,1H3,(H2,12,13,14). The Morgan fingerprint density at radius 3 is 2.53 bits per heavy atom. The maximum Gasteiger partial charge on any atom is 0.269 e. The molecule has 0 aliphatic carbocycles. The van der Waals surface area contributed by atoms with E-state index in [1.165, 1.54) is 12.1 Å². The molecular formula is C11H10N4O2. The molecule has 0 bridgehead atoms. The second-order valence-electron chi connectivity index (χ2n) is 3.56. The van der Waals surface area contributed by atoms with Crippen molar-refractivity contribution < 1.29 is 4.92 Å². The zero-order valence-electron chi connectivity index (χ0n) is 9.12. The third-order valence-corrected chi connectivity index (χ3v) is 2.34. The first kappa shape index (κ1) is 11.0. The molecule has 0 amide bonds. The lowest BCUT2D eigenvalue weighted by molar-refractivity contribution is -0.384. The van der Waals surface area contributed by atoms with E-state index in [1.54, 1.807) is 18.3 Å². The third-order valence-electron chi connectivity index (χ3n) is 2.34. The van der Waals surface area contributed by atoms with Gasteiger partial charge >= 0.3 is 0 Å². The summed E-state index contributed by atoms with van der Waals surface area (Å²) in [5.41, 5.74) is 7.90. The van der Waals surface area contributed by atoms with E-state index >= 15 is 0 Å². The van der Waals surface area contributed by atoms with Gasteiger partial charge in [0, 0.05) is 23.9 Å². The maximum atomic E-state index is 10.5. The summed E-state index contributed by atoms with van der Waals surface area (Å²) in [5, 5.41) is 10.5. The van der Waals surface area contributed by atoms with Crippen LogP contribution in [0.5, 0.6) is 0 Å². The molecule has 2 rings (SSSR count). The third kappa shape index (κ3) is 2.20. The number of nitrogens with two attached hydrogens (primary N) is 1. The number of aromatic nitrogens is 2. The molecular weight excluding hydrogens is 220 g/mol. The number of anilines is 1. The predicted octanol–water partition coefficient (Wildman–Crippen LogP) is 1.94. The number of hydrogen-bond acceptors (Lipinski definition) is 5. The van der Waals surface area contributed by atoms with Crippen molar-refractivity contribution in [2.45, 2.75) is 6.92 Å². The Kier molecular flexibility index (Phi) is 2.70. The number of aryl methyl sites for hydroxylation is 1. The SMILES string of the molecule is Cc1cnc(N)nc1-c1ccc([N+](=O)[O-])cc1. The van der Waals surface area contributed by atoms with Crippen LogP contribution in [-0.4, -0.2) is 14.9 Å². The topological polar surface area (TPSA) is 94.9 Å². The van der Waals surface area contributed by atoms with Crippen LogP contribution in [0.25, 0.3) is 11.3 Å². The largest absolute Gasteiger partial charge is 0.368 e. The van der Waals surface area contributed by atoms with Gasteiger partial charge in [0.1, 0.15) is 0 Å². The van der Waals surface area contributed by atoms with Gasteiger partial charge in [0.15, 0.2) is 0 Å². The number of rotatable bonds is 2. The van der Waals surface area contributed by atoms with E-state index in [-0.39, 0.29) is 11.6 Å². The van der Waals surface area contributed by atoms with Gasteiger partial charge in [0.2, 0.25) is 5.95 Å². The van der Waals surface area contributed by atoms with Crippen LogP contribution in [0.4, 0.5) is 11.6 Å². The van der Waals surface area contributed by atoms with Gasteiger partial charge < -0.3 is 5.73 Å². The number of nitrogens with zero attached hydrogens (tertiary/aromatic N) is 3. The van der Waals surface area contributed by atoms with Crippen molar-refractivity contribution >= 4 is 11.6 Å². The van der Waals surface area contributed by atoms with E-state index < -0.39 is 4.92 Å². The summed E-state index contributed by atoms with van der Waals surface area (Å²) in [6, 6.07) is 6.17. The highest BCUT2D eigenvalue weighted by atomic mass is 16.6. The number of nitrogen functional groups attached to an aromatic ring is 1. The summed E-state index contributed by atoms with van der Waals surface area (Å²) in [4.78, 5) is 18.1. The first-order valence-electron chi connectivity index (χ1n) is 4.92. The average molecular weight is 230 g/mol. The van der Waals surface area contributed by atoms with Crippen LogP contribution in [0, 0.1) is 17.0 Å². The van der Waals surface area contributed by atoms with E-state index in [4.69, 9.17) is 5.73 Å². The molecule has 2 N–H and O–H groups in total. The van der Waals surface area contributed by atoms with E-state index in [9.17, 15) is 10.1 Å². The quantitative estimate of drug-likeness (QED) is 0.628. The van der Waals surface area contributed by atoms with Crippen molar-refractivity contribution in [3.05, 3.63) is 46.1 Å². The van der Waals surface area contributed by atoms with Gasteiger partial charge in [0.25, 0.3) is 5.69 Å². The van der Waals surface area contributed by atoms with Crippen LogP contribution < -0.4 is 5.73 Å². The zero-order chi connectivity index (χ0) is 12.4. The van der Waals surface area contributed by atoms with Crippen molar-refractivity contribution in [2.24, 2.45) is 0 Å². The highest BCUT2D eigenvalue weighted by Gasteiger charge is 2.08. The van der Waals surface area contributed by atoms with Gasteiger partial charge in [-0.3, -0.25) is 10.1 Å². The first-order valence-corrected chi connectivity index (χ1v) is 4.92. The fraction of sp³-hybridized carbons (Fsp3) is 0.0909. The Hall–Kier alpha value is -2.50. The molecule has 0 fully saturated rings. The highest BCUT2D eigenvalue weighted by molar-refractivity contribution is 5.64. The van der Waals surface area contributed by atoms with Gasteiger partial charge in [-0.25, -0.2) is 9.97 Å². The molecule has 1 heterocycles. The number of hydrogen-bond donors (Lipinski definition) is 1. The summed E-state index contributed by atoms with van der Waals surface area (Å²) < 4.78 is 0. The molecule has 0 saturated carbocycles. The van der Waals surface area contributed by atoms with Gasteiger partial charge in [-0.1, -0.05) is 0 Å². The molecule has 0 saturated heterocycles. The summed E-state index contributed by atoms with van der Waals surface area (Å²) in [6.45, 7) is 1.86. The van der Waals surface area contributed by atoms with Crippen LogP contribution in [0.1, 0.15) is 5.56 Å². The molecule has 6 heteroatoms. The fourth-order valence-corrected chi connectivity index (χ4v) is 1.49. The monoisotopic (exact) mass is 230 g/mol. The molecule has 6 nitrogen and oxygen atoms in total. The molecule has 0 spiro atoms. The molecule has 0 aliphatic heterocycles. The second-order valence-corrected chi connectivity index (χ2v) is 3.56. The van der Waals surface area contributed by atoms with Crippen molar-refractivity contribution in [3.63, 3.8) is 0 Å². The normalized spacial score (nSPS) is 10.2. The molecule has 2 aromatic rings. The Bertz CT molecular complexity index is 566. The van der Waals surface area contributed by atoms with E-state index in [1.807, 2.05) is 6.92 Å². The molecule has 86 valence electrons. The molecule has 0 aliphatic rings.